The fourth-order valence-electron chi connectivity index (χ4n) is 2.41. The number of hydrogen-bond acceptors (Lipinski definition) is 2. The minimum Gasteiger partial charge on any atom is -0.481 e. The maximum Gasteiger partial charge on any atom is 0.303 e. The van der Waals surface area contributed by atoms with Crippen LogP contribution in [0.25, 0.3) is 0 Å². The molecule has 0 spiro atoms. The first-order valence-corrected chi connectivity index (χ1v) is 7.20. The van der Waals surface area contributed by atoms with E-state index in [-0.39, 0.29) is 6.42 Å². The van der Waals surface area contributed by atoms with Crippen LogP contribution in [0.15, 0.2) is 60.7 Å². The Morgan fingerprint density at radius 1 is 1.09 bits per heavy atom. The van der Waals surface area contributed by atoms with E-state index in [0.717, 1.165) is 11.1 Å². The molecule has 0 aliphatic carbocycles. The molecule has 0 aliphatic rings. The van der Waals surface area contributed by atoms with Crippen molar-refractivity contribution in [1.29, 1.82) is 0 Å². The van der Waals surface area contributed by atoms with E-state index in [1.165, 1.54) is 0 Å². The molecule has 0 saturated heterocycles. The molecule has 1 atom stereocenters. The number of terminal acetylenes is 1. The Kier molecular flexibility index (Phi) is 5.35. The number of carboxylic acid groups (broad SMARTS) is 1. The summed E-state index contributed by atoms with van der Waals surface area (Å²) in [6.45, 7) is 0.583. The predicted molar refractivity (Wildman–Crippen MR) is 87.1 cm³/mol. The van der Waals surface area contributed by atoms with Crippen molar-refractivity contribution in [3.63, 3.8) is 0 Å². The zero-order chi connectivity index (χ0) is 15.8. The molecule has 0 aromatic heterocycles. The van der Waals surface area contributed by atoms with E-state index >= 15 is 0 Å². The molecule has 0 fully saturated rings. The van der Waals surface area contributed by atoms with Gasteiger partial charge in [-0.25, -0.2) is 0 Å². The second kappa shape index (κ2) is 7.44. The second-order valence-corrected chi connectivity index (χ2v) is 5.15. The van der Waals surface area contributed by atoms with Gasteiger partial charge in [0.05, 0.1) is 0 Å². The first-order chi connectivity index (χ1) is 10.7. The largest absolute Gasteiger partial charge is 0.481 e. The van der Waals surface area contributed by atoms with Crippen LogP contribution < -0.4 is 5.32 Å². The number of aliphatic carboxylic acids is 1. The molecule has 0 saturated carbocycles. The number of rotatable bonds is 7. The smallest absolute Gasteiger partial charge is 0.303 e. The molecule has 0 unspecified atom stereocenters. The summed E-state index contributed by atoms with van der Waals surface area (Å²) in [7, 11) is 0. The zero-order valence-electron chi connectivity index (χ0n) is 12.3. The quantitative estimate of drug-likeness (QED) is 0.771. The topological polar surface area (TPSA) is 49.3 Å². The van der Waals surface area contributed by atoms with E-state index in [1.807, 2.05) is 60.7 Å². The number of carbonyl (C=O) groups is 1. The number of hydrogen-bond donors (Lipinski definition) is 2. The normalized spacial score (nSPS) is 13.0. The van der Waals surface area contributed by atoms with Crippen molar-refractivity contribution >= 4 is 5.97 Å². The lowest BCUT2D eigenvalue weighted by molar-refractivity contribution is -0.137. The number of nitrogens with one attached hydrogen (secondary N) is 1. The summed E-state index contributed by atoms with van der Waals surface area (Å²) in [5.41, 5.74) is 1.23. The van der Waals surface area contributed by atoms with Crippen LogP contribution in [0.1, 0.15) is 24.0 Å². The Morgan fingerprint density at radius 2 is 1.68 bits per heavy atom. The summed E-state index contributed by atoms with van der Waals surface area (Å²) in [6.07, 6.45) is 6.14. The Bertz CT molecular complexity index is 646. The lowest BCUT2D eigenvalue weighted by Crippen LogP contribution is -2.41. The monoisotopic (exact) mass is 293 g/mol. The van der Waals surface area contributed by atoms with Crippen LogP contribution in [0.5, 0.6) is 0 Å². The van der Waals surface area contributed by atoms with Gasteiger partial charge in [-0.1, -0.05) is 66.6 Å². The third-order valence-electron chi connectivity index (χ3n) is 3.66. The molecule has 112 valence electrons. The average Bonchev–Trinajstić information content (AvgIpc) is 2.57. The fourth-order valence-corrected chi connectivity index (χ4v) is 2.41. The second-order valence-electron chi connectivity index (χ2n) is 5.15. The molecule has 2 rings (SSSR count). The molecule has 2 N–H and O–H groups in total. The van der Waals surface area contributed by atoms with Crippen molar-refractivity contribution in [2.45, 2.75) is 24.9 Å². The first kappa shape index (κ1) is 15.8. The third kappa shape index (κ3) is 3.97. The van der Waals surface area contributed by atoms with Crippen LogP contribution in [-0.2, 0) is 16.9 Å². The van der Waals surface area contributed by atoms with Crippen molar-refractivity contribution in [3.8, 4) is 12.3 Å². The lowest BCUT2D eigenvalue weighted by Gasteiger charge is -2.30. The van der Waals surface area contributed by atoms with E-state index in [2.05, 4.69) is 11.2 Å². The fraction of sp³-hybridized carbons (Fsp3) is 0.211. The molecule has 22 heavy (non-hydrogen) atoms. The minimum atomic E-state index is -0.850. The van der Waals surface area contributed by atoms with E-state index in [0.29, 0.717) is 13.0 Å². The summed E-state index contributed by atoms with van der Waals surface area (Å²) in [5.74, 6) is 1.93. The van der Waals surface area contributed by atoms with Crippen molar-refractivity contribution in [2.75, 3.05) is 0 Å². The molecule has 2 aromatic rings. The maximum atomic E-state index is 11.0. The van der Waals surface area contributed by atoms with Gasteiger partial charge in [-0.2, -0.15) is 0 Å². The molecule has 0 bridgehead atoms. The van der Waals surface area contributed by atoms with Crippen LogP contribution in [0.3, 0.4) is 0 Å². The third-order valence-corrected chi connectivity index (χ3v) is 3.66. The van der Waals surface area contributed by atoms with Gasteiger partial charge in [-0.05, 0) is 17.5 Å². The van der Waals surface area contributed by atoms with Crippen LogP contribution in [-0.4, -0.2) is 11.1 Å². The maximum absolute atomic E-state index is 11.0. The zero-order valence-corrected chi connectivity index (χ0v) is 12.3. The van der Waals surface area contributed by atoms with Crippen LogP contribution in [0, 0.1) is 12.3 Å². The van der Waals surface area contributed by atoms with Crippen LogP contribution in [0.4, 0.5) is 0 Å². The highest BCUT2D eigenvalue weighted by atomic mass is 16.4. The van der Waals surface area contributed by atoms with Crippen LogP contribution >= 0.6 is 0 Å². The number of benzene rings is 2. The van der Waals surface area contributed by atoms with E-state index in [1.54, 1.807) is 0 Å². The summed E-state index contributed by atoms with van der Waals surface area (Å²) in [6, 6.07) is 19.5. The molecule has 3 heteroatoms. The molecule has 0 heterocycles. The van der Waals surface area contributed by atoms with E-state index in [4.69, 9.17) is 11.5 Å². The highest BCUT2D eigenvalue weighted by Crippen LogP contribution is 2.26. The van der Waals surface area contributed by atoms with Crippen molar-refractivity contribution in [1.82, 2.24) is 5.32 Å². The summed E-state index contributed by atoms with van der Waals surface area (Å²) >= 11 is 0. The van der Waals surface area contributed by atoms with Crippen molar-refractivity contribution in [3.05, 3.63) is 71.8 Å². The molecule has 0 amide bonds. The average molecular weight is 293 g/mol. The van der Waals surface area contributed by atoms with E-state index < -0.39 is 11.5 Å². The first-order valence-electron chi connectivity index (χ1n) is 7.20. The van der Waals surface area contributed by atoms with Gasteiger partial charge in [0.25, 0.3) is 0 Å². The Morgan fingerprint density at radius 3 is 2.23 bits per heavy atom. The summed E-state index contributed by atoms with van der Waals surface area (Å²) < 4.78 is 0. The highest BCUT2D eigenvalue weighted by Gasteiger charge is 2.29. The van der Waals surface area contributed by atoms with E-state index in [9.17, 15) is 4.79 Å². The molecule has 0 aliphatic heterocycles. The molecule has 3 nitrogen and oxygen atoms in total. The van der Waals surface area contributed by atoms with Crippen molar-refractivity contribution in [2.24, 2.45) is 0 Å². The summed E-state index contributed by atoms with van der Waals surface area (Å²) in [4.78, 5) is 11.0. The Hall–Kier alpha value is -2.57. The number of carboxylic acids is 1. The highest BCUT2D eigenvalue weighted by molar-refractivity contribution is 5.67. The SMILES string of the molecule is C#C[C@@](CCC(=O)O)(NCc1ccccc1)c1ccccc1. The van der Waals surface area contributed by atoms with Gasteiger partial charge in [0, 0.05) is 13.0 Å². The molecular formula is C19H19NO2. The molecule has 2 aromatic carbocycles. The van der Waals surface area contributed by atoms with Gasteiger partial charge >= 0.3 is 5.97 Å². The van der Waals surface area contributed by atoms with Gasteiger partial charge in [0.2, 0.25) is 0 Å². The Labute approximate surface area is 131 Å². The standard InChI is InChI=1S/C19H19NO2/c1-2-19(14-13-18(21)22,17-11-7-4-8-12-17)20-15-16-9-5-3-6-10-16/h1,3-12,20H,13-15H2,(H,21,22)/t19-/m0/s1. The van der Waals surface area contributed by atoms with Crippen molar-refractivity contribution < 1.29 is 9.90 Å². The van der Waals surface area contributed by atoms with Gasteiger partial charge in [0.1, 0.15) is 5.54 Å². The molecule has 0 radical (unpaired) electrons. The Balaban J connectivity index is 2.24. The summed E-state index contributed by atoms with van der Waals surface area (Å²) in [5, 5.41) is 12.4. The van der Waals surface area contributed by atoms with Gasteiger partial charge in [-0.3, -0.25) is 10.1 Å². The van der Waals surface area contributed by atoms with Gasteiger partial charge in [-0.15, -0.1) is 6.42 Å². The van der Waals surface area contributed by atoms with Crippen LogP contribution in [0.2, 0.25) is 0 Å². The molecular weight excluding hydrogens is 274 g/mol. The predicted octanol–water partition coefficient (Wildman–Crippen LogP) is 3.17. The minimum absolute atomic E-state index is 0.0148. The van der Waals surface area contributed by atoms with Gasteiger partial charge in [0.15, 0.2) is 0 Å². The lowest BCUT2D eigenvalue weighted by atomic mass is 9.85. The van der Waals surface area contributed by atoms with Gasteiger partial charge < -0.3 is 5.11 Å².